The Hall–Kier alpha value is -0.110. The van der Waals surface area contributed by atoms with Crippen LogP contribution in [-0.2, 0) is 0 Å². The second-order valence-corrected chi connectivity index (χ2v) is 3.45. The number of alkyl halides is 1. The lowest BCUT2D eigenvalue weighted by molar-refractivity contribution is 0.158. The number of hydrogen-bond acceptors (Lipinski definition) is 1. The molecule has 1 N–H and O–H groups in total. The van der Waals surface area contributed by atoms with Gasteiger partial charge in [0.1, 0.15) is 6.17 Å². The minimum atomic E-state index is -0.517. The molecule has 1 saturated carbocycles. The van der Waals surface area contributed by atoms with Gasteiger partial charge in [0, 0.05) is 0 Å². The molecule has 1 aliphatic carbocycles. The van der Waals surface area contributed by atoms with Gasteiger partial charge in [-0.25, -0.2) is 4.39 Å². The molecular weight excluding hydrogens is 141 g/mol. The van der Waals surface area contributed by atoms with Crippen molar-refractivity contribution in [2.24, 2.45) is 5.92 Å². The second-order valence-electron chi connectivity index (χ2n) is 3.45. The van der Waals surface area contributed by atoms with Crippen molar-refractivity contribution in [3.63, 3.8) is 0 Å². The van der Waals surface area contributed by atoms with Gasteiger partial charge in [-0.2, -0.15) is 0 Å². The summed E-state index contributed by atoms with van der Waals surface area (Å²) in [4.78, 5) is 0. The van der Waals surface area contributed by atoms with Crippen LogP contribution in [0.25, 0.3) is 0 Å². The van der Waals surface area contributed by atoms with E-state index in [4.69, 9.17) is 0 Å². The normalized spacial score (nSPS) is 32.2. The summed E-state index contributed by atoms with van der Waals surface area (Å²) in [5.41, 5.74) is 0. The summed E-state index contributed by atoms with van der Waals surface area (Å²) in [6.45, 7) is 0.963. The first-order valence-corrected chi connectivity index (χ1v) is 4.63. The van der Waals surface area contributed by atoms with Crippen molar-refractivity contribution in [1.82, 2.24) is 5.32 Å². The highest BCUT2D eigenvalue weighted by Gasteiger charge is 2.23. The molecule has 0 saturated heterocycles. The molecule has 0 aromatic rings. The van der Waals surface area contributed by atoms with E-state index in [1.807, 2.05) is 7.05 Å². The topological polar surface area (TPSA) is 12.0 Å². The molecule has 0 heterocycles. The minimum absolute atomic E-state index is 0.344. The molecule has 1 nitrogen and oxygen atoms in total. The Kier molecular flexibility index (Phi) is 3.84. The highest BCUT2D eigenvalue weighted by Crippen LogP contribution is 2.28. The Morgan fingerprint density at radius 2 is 2.09 bits per heavy atom. The van der Waals surface area contributed by atoms with Crippen molar-refractivity contribution in [2.75, 3.05) is 13.6 Å². The molecule has 1 rings (SSSR count). The summed E-state index contributed by atoms with van der Waals surface area (Å²) in [6.07, 6.45) is 4.72. The molecule has 0 aliphatic heterocycles. The maximum absolute atomic E-state index is 13.1. The molecule has 0 aromatic carbocycles. The van der Waals surface area contributed by atoms with E-state index in [9.17, 15) is 4.39 Å². The van der Waals surface area contributed by atoms with Gasteiger partial charge in [-0.1, -0.05) is 12.8 Å². The molecule has 2 unspecified atom stereocenters. The zero-order chi connectivity index (χ0) is 8.10. The van der Waals surface area contributed by atoms with Crippen molar-refractivity contribution in [1.29, 1.82) is 0 Å². The summed E-state index contributed by atoms with van der Waals surface area (Å²) < 4.78 is 13.1. The van der Waals surface area contributed by atoms with Crippen LogP contribution in [0, 0.1) is 5.92 Å². The number of halogens is 1. The zero-order valence-corrected chi connectivity index (χ0v) is 7.28. The van der Waals surface area contributed by atoms with Crippen LogP contribution in [-0.4, -0.2) is 19.8 Å². The molecule has 0 amide bonds. The Morgan fingerprint density at radius 3 is 2.73 bits per heavy atom. The largest absolute Gasteiger partial charge is 0.320 e. The summed E-state index contributed by atoms with van der Waals surface area (Å²) in [5.74, 6) is 0.344. The quantitative estimate of drug-likeness (QED) is 0.665. The van der Waals surface area contributed by atoms with Crippen molar-refractivity contribution < 1.29 is 4.39 Å². The monoisotopic (exact) mass is 159 g/mol. The Morgan fingerprint density at radius 1 is 1.36 bits per heavy atom. The van der Waals surface area contributed by atoms with E-state index in [2.05, 4.69) is 5.32 Å². The fourth-order valence-electron chi connectivity index (χ4n) is 1.82. The highest BCUT2D eigenvalue weighted by atomic mass is 19.1. The smallest absolute Gasteiger partial charge is 0.103 e. The SMILES string of the molecule is CNCCC1CCCCC1F. The predicted molar refractivity (Wildman–Crippen MR) is 45.4 cm³/mol. The van der Waals surface area contributed by atoms with Crippen LogP contribution in [0.2, 0.25) is 0 Å². The molecule has 11 heavy (non-hydrogen) atoms. The van der Waals surface area contributed by atoms with E-state index in [0.29, 0.717) is 5.92 Å². The third kappa shape index (κ3) is 2.78. The van der Waals surface area contributed by atoms with Gasteiger partial charge in [0.05, 0.1) is 0 Å². The molecule has 66 valence electrons. The van der Waals surface area contributed by atoms with E-state index in [0.717, 1.165) is 32.2 Å². The zero-order valence-electron chi connectivity index (χ0n) is 7.28. The Labute approximate surface area is 68.4 Å². The van der Waals surface area contributed by atoms with E-state index in [1.165, 1.54) is 6.42 Å². The first kappa shape index (κ1) is 8.98. The van der Waals surface area contributed by atoms with Crippen LogP contribution in [0.4, 0.5) is 4.39 Å². The van der Waals surface area contributed by atoms with Crippen molar-refractivity contribution >= 4 is 0 Å². The van der Waals surface area contributed by atoms with Crippen LogP contribution >= 0.6 is 0 Å². The minimum Gasteiger partial charge on any atom is -0.320 e. The van der Waals surface area contributed by atoms with Gasteiger partial charge in [0.15, 0.2) is 0 Å². The van der Waals surface area contributed by atoms with E-state index < -0.39 is 6.17 Å². The summed E-state index contributed by atoms with van der Waals surface area (Å²) in [7, 11) is 1.93. The third-order valence-corrected chi connectivity index (χ3v) is 2.58. The van der Waals surface area contributed by atoms with Gasteiger partial charge in [0.2, 0.25) is 0 Å². The molecule has 2 heteroatoms. The Balaban J connectivity index is 2.18. The molecule has 0 radical (unpaired) electrons. The van der Waals surface area contributed by atoms with Crippen LogP contribution in [0.1, 0.15) is 32.1 Å². The molecule has 0 aromatic heterocycles. The van der Waals surface area contributed by atoms with Crippen LogP contribution < -0.4 is 5.32 Å². The van der Waals surface area contributed by atoms with Gasteiger partial charge in [0.25, 0.3) is 0 Å². The molecule has 1 aliphatic rings. The number of hydrogen-bond donors (Lipinski definition) is 1. The standard InChI is InChI=1S/C9H18FN/c1-11-7-6-8-4-2-3-5-9(8)10/h8-9,11H,2-7H2,1H3. The van der Waals surface area contributed by atoms with Crippen LogP contribution in [0.5, 0.6) is 0 Å². The van der Waals surface area contributed by atoms with Crippen molar-refractivity contribution in [2.45, 2.75) is 38.3 Å². The van der Waals surface area contributed by atoms with Crippen molar-refractivity contribution in [3.8, 4) is 0 Å². The molecule has 0 spiro atoms. The van der Waals surface area contributed by atoms with Gasteiger partial charge in [-0.15, -0.1) is 0 Å². The average Bonchev–Trinajstić information content (AvgIpc) is 2.03. The first-order valence-electron chi connectivity index (χ1n) is 4.63. The summed E-state index contributed by atoms with van der Waals surface area (Å²) >= 11 is 0. The third-order valence-electron chi connectivity index (χ3n) is 2.58. The predicted octanol–water partition coefficient (Wildman–Crippen LogP) is 2.12. The van der Waals surface area contributed by atoms with Crippen LogP contribution in [0.15, 0.2) is 0 Å². The fourth-order valence-corrected chi connectivity index (χ4v) is 1.82. The Bertz CT molecular complexity index is 106. The van der Waals surface area contributed by atoms with Gasteiger partial charge in [-0.05, 0) is 38.8 Å². The van der Waals surface area contributed by atoms with E-state index >= 15 is 0 Å². The maximum Gasteiger partial charge on any atom is 0.103 e. The molecule has 1 fully saturated rings. The van der Waals surface area contributed by atoms with Gasteiger partial charge in [-0.3, -0.25) is 0 Å². The van der Waals surface area contributed by atoms with Gasteiger partial charge >= 0.3 is 0 Å². The lowest BCUT2D eigenvalue weighted by Crippen LogP contribution is -2.24. The van der Waals surface area contributed by atoms with Crippen molar-refractivity contribution in [3.05, 3.63) is 0 Å². The molecule has 2 atom stereocenters. The summed E-state index contributed by atoms with van der Waals surface area (Å²) in [6, 6.07) is 0. The van der Waals surface area contributed by atoms with E-state index in [-0.39, 0.29) is 0 Å². The molecule has 0 bridgehead atoms. The summed E-state index contributed by atoms with van der Waals surface area (Å²) in [5, 5.41) is 3.07. The number of nitrogens with one attached hydrogen (secondary N) is 1. The van der Waals surface area contributed by atoms with Crippen LogP contribution in [0.3, 0.4) is 0 Å². The maximum atomic E-state index is 13.1. The molecular formula is C9H18FN. The lowest BCUT2D eigenvalue weighted by Gasteiger charge is -2.25. The lowest BCUT2D eigenvalue weighted by atomic mass is 9.85. The average molecular weight is 159 g/mol. The van der Waals surface area contributed by atoms with E-state index in [1.54, 1.807) is 0 Å². The fraction of sp³-hybridized carbons (Fsp3) is 1.00. The second kappa shape index (κ2) is 4.70. The van der Waals surface area contributed by atoms with Gasteiger partial charge < -0.3 is 5.32 Å². The first-order chi connectivity index (χ1) is 5.34. The highest BCUT2D eigenvalue weighted by molar-refractivity contribution is 4.74. The number of rotatable bonds is 3.